The Labute approximate surface area is 476 Å². The van der Waals surface area contributed by atoms with Crippen molar-refractivity contribution in [2.45, 2.75) is 309 Å². The normalized spacial score (nSPS) is 12.8. The second kappa shape index (κ2) is 64.6. The van der Waals surface area contributed by atoms with Crippen molar-refractivity contribution in [3.63, 3.8) is 0 Å². The molecule has 77 heavy (non-hydrogen) atoms. The second-order valence-electron chi connectivity index (χ2n) is 21.3. The molecule has 440 valence electrons. The Morgan fingerprint density at radius 3 is 0.805 bits per heavy atom. The molecule has 0 aliphatic carbocycles. The van der Waals surface area contributed by atoms with Crippen LogP contribution in [0.4, 0.5) is 0 Å². The first-order chi connectivity index (χ1) is 38.0. The minimum absolute atomic E-state index is 0.0887. The molecule has 0 bridgehead atoms. The molecule has 6 nitrogen and oxygen atoms in total. The maximum absolute atomic E-state index is 12.9. The van der Waals surface area contributed by atoms with E-state index < -0.39 is 6.10 Å². The van der Waals surface area contributed by atoms with Gasteiger partial charge in [0.15, 0.2) is 6.10 Å². The van der Waals surface area contributed by atoms with Crippen LogP contribution >= 0.6 is 0 Å². The van der Waals surface area contributed by atoms with E-state index in [0.29, 0.717) is 12.8 Å². The van der Waals surface area contributed by atoms with Gasteiger partial charge in [-0.3, -0.25) is 14.4 Å². The number of unbranched alkanes of at least 4 members (excludes halogenated alkanes) is 29. The fraction of sp³-hybridized carbons (Fsp3) is 0.704. The predicted molar refractivity (Wildman–Crippen MR) is 334 cm³/mol. The Morgan fingerprint density at radius 1 is 0.273 bits per heavy atom. The number of rotatable bonds is 58. The number of ether oxygens (including phenoxy) is 3. The number of hydrogen-bond donors (Lipinski definition) is 0. The minimum atomic E-state index is -0.795. The molecular formula is C71H120O6. The van der Waals surface area contributed by atoms with Crippen LogP contribution in [0.1, 0.15) is 303 Å². The number of carbonyl (C=O) groups excluding carboxylic acids is 3. The van der Waals surface area contributed by atoms with Gasteiger partial charge in [-0.15, -0.1) is 0 Å². The lowest BCUT2D eigenvalue weighted by Crippen LogP contribution is -2.30. The van der Waals surface area contributed by atoms with Gasteiger partial charge >= 0.3 is 17.9 Å². The molecule has 0 rings (SSSR count). The van der Waals surface area contributed by atoms with Gasteiger partial charge in [-0.1, -0.05) is 291 Å². The average molecular weight is 1070 g/mol. The van der Waals surface area contributed by atoms with Crippen molar-refractivity contribution >= 4 is 17.9 Å². The molecule has 0 heterocycles. The van der Waals surface area contributed by atoms with Crippen LogP contribution in [0.5, 0.6) is 0 Å². The van der Waals surface area contributed by atoms with Crippen molar-refractivity contribution in [1.29, 1.82) is 0 Å². The van der Waals surface area contributed by atoms with Gasteiger partial charge in [0.25, 0.3) is 0 Å². The first kappa shape index (κ1) is 73.1. The summed E-state index contributed by atoms with van der Waals surface area (Å²) in [6, 6.07) is 0. The standard InChI is InChI=1S/C71H120O6/c1-4-7-10-13-16-19-22-24-26-28-30-31-32-33-34-35-36-37-38-39-41-42-44-46-49-52-55-58-61-64-70(73)76-67-68(66-75-69(72)63-60-57-54-51-48-21-18-15-12-9-6-3)77-71(74)65-62-59-56-53-50-47-45-43-40-29-27-25-23-20-17-14-11-8-5-2/h7-8,10-11,16-17,19-20,24-27,30-31,40,43,47,50,68H,4-6,9,12-15,18,21-23,28-29,32-39,41-42,44-46,48-49,51-67H2,1-3H3/b10-7-,11-8-,19-16-,20-17-,26-24-,27-25-,31-30-,43-40-,50-47-. The third kappa shape index (κ3) is 62.8. The van der Waals surface area contributed by atoms with Crippen molar-refractivity contribution < 1.29 is 28.6 Å². The fourth-order valence-corrected chi connectivity index (χ4v) is 8.99. The fourth-order valence-electron chi connectivity index (χ4n) is 8.99. The van der Waals surface area contributed by atoms with Gasteiger partial charge in [-0.25, -0.2) is 0 Å². The lowest BCUT2D eigenvalue weighted by Gasteiger charge is -2.18. The molecule has 1 atom stereocenters. The van der Waals surface area contributed by atoms with E-state index in [1.165, 1.54) is 141 Å². The van der Waals surface area contributed by atoms with Crippen LogP contribution in [0.3, 0.4) is 0 Å². The molecule has 6 heteroatoms. The summed E-state index contributed by atoms with van der Waals surface area (Å²) in [5.41, 5.74) is 0. The highest BCUT2D eigenvalue weighted by Crippen LogP contribution is 2.16. The van der Waals surface area contributed by atoms with Crippen LogP contribution in [-0.2, 0) is 28.6 Å². The van der Waals surface area contributed by atoms with Gasteiger partial charge in [0.2, 0.25) is 0 Å². The SMILES string of the molecule is CC/C=C\C/C=C\C/C=C\C/C=C\C/C=C\CCCCCC(=O)OC(COC(=O)CCCCCCCCCCCCC)COC(=O)CCCCCCCCCCCCCCCCCC/C=C\C/C=C\C/C=C\C/C=C\CC. The number of esters is 3. The smallest absolute Gasteiger partial charge is 0.306 e. The Kier molecular flexibility index (Phi) is 61.3. The van der Waals surface area contributed by atoms with E-state index in [1.54, 1.807) is 0 Å². The molecule has 0 fully saturated rings. The van der Waals surface area contributed by atoms with Crippen molar-refractivity contribution in [3.05, 3.63) is 109 Å². The highest BCUT2D eigenvalue weighted by atomic mass is 16.6. The van der Waals surface area contributed by atoms with Crippen LogP contribution < -0.4 is 0 Å². The zero-order valence-corrected chi connectivity index (χ0v) is 50.4. The molecule has 0 amide bonds. The first-order valence-corrected chi connectivity index (χ1v) is 32.4. The lowest BCUT2D eigenvalue weighted by molar-refractivity contribution is -0.167. The summed E-state index contributed by atoms with van der Waals surface area (Å²) in [4.78, 5) is 38.2. The second-order valence-corrected chi connectivity index (χ2v) is 21.3. The molecule has 0 N–H and O–H groups in total. The molecule has 0 aromatic rings. The third-order valence-corrected chi connectivity index (χ3v) is 13.8. The molecule has 1 unspecified atom stereocenters. The Bertz CT molecular complexity index is 1560. The van der Waals surface area contributed by atoms with Crippen LogP contribution in [0.15, 0.2) is 109 Å². The van der Waals surface area contributed by atoms with Crippen LogP contribution in [-0.4, -0.2) is 37.2 Å². The Hall–Kier alpha value is -3.93. The molecule has 0 aromatic carbocycles. The predicted octanol–water partition coefficient (Wildman–Crippen LogP) is 22.2. The van der Waals surface area contributed by atoms with Crippen molar-refractivity contribution in [1.82, 2.24) is 0 Å². The number of allylic oxidation sites excluding steroid dienone is 18. The highest BCUT2D eigenvalue weighted by Gasteiger charge is 2.19. The molecule has 0 spiro atoms. The van der Waals surface area contributed by atoms with Crippen LogP contribution in [0.25, 0.3) is 0 Å². The van der Waals surface area contributed by atoms with Gasteiger partial charge in [0.05, 0.1) is 0 Å². The summed E-state index contributed by atoms with van der Waals surface area (Å²) in [7, 11) is 0. The summed E-state index contributed by atoms with van der Waals surface area (Å²) in [5, 5.41) is 0. The van der Waals surface area contributed by atoms with Gasteiger partial charge in [-0.2, -0.15) is 0 Å². The first-order valence-electron chi connectivity index (χ1n) is 32.4. The van der Waals surface area contributed by atoms with Gasteiger partial charge in [-0.05, 0) is 103 Å². The van der Waals surface area contributed by atoms with E-state index in [4.69, 9.17) is 14.2 Å². The summed E-state index contributed by atoms with van der Waals surface area (Å²) in [6.45, 7) is 6.40. The van der Waals surface area contributed by atoms with E-state index in [1.807, 2.05) is 0 Å². The maximum atomic E-state index is 12.9. The van der Waals surface area contributed by atoms with E-state index in [9.17, 15) is 14.4 Å². The molecule has 0 aliphatic heterocycles. The zero-order valence-electron chi connectivity index (χ0n) is 50.4. The molecule has 0 saturated heterocycles. The molecule has 0 saturated carbocycles. The van der Waals surface area contributed by atoms with E-state index in [2.05, 4.69) is 130 Å². The number of hydrogen-bond acceptors (Lipinski definition) is 6. The van der Waals surface area contributed by atoms with Gasteiger partial charge in [0.1, 0.15) is 13.2 Å². The van der Waals surface area contributed by atoms with Gasteiger partial charge < -0.3 is 14.2 Å². The van der Waals surface area contributed by atoms with E-state index >= 15 is 0 Å². The highest BCUT2D eigenvalue weighted by molar-refractivity contribution is 5.71. The van der Waals surface area contributed by atoms with Crippen LogP contribution in [0, 0.1) is 0 Å². The van der Waals surface area contributed by atoms with Crippen molar-refractivity contribution in [2.75, 3.05) is 13.2 Å². The summed E-state index contributed by atoms with van der Waals surface area (Å²) < 4.78 is 16.9. The topological polar surface area (TPSA) is 78.9 Å². The summed E-state index contributed by atoms with van der Waals surface area (Å²) >= 11 is 0. The monoisotopic (exact) mass is 1070 g/mol. The average Bonchev–Trinajstić information content (AvgIpc) is 3.43. The zero-order chi connectivity index (χ0) is 55.7. The lowest BCUT2D eigenvalue weighted by atomic mass is 10.0. The molecule has 0 aromatic heterocycles. The van der Waals surface area contributed by atoms with Gasteiger partial charge in [0, 0.05) is 19.3 Å². The maximum Gasteiger partial charge on any atom is 0.306 e. The van der Waals surface area contributed by atoms with E-state index in [0.717, 1.165) is 122 Å². The third-order valence-electron chi connectivity index (χ3n) is 13.8. The van der Waals surface area contributed by atoms with E-state index in [-0.39, 0.29) is 37.5 Å². The van der Waals surface area contributed by atoms with Crippen LogP contribution in [0.2, 0.25) is 0 Å². The molecular weight excluding hydrogens is 949 g/mol. The Balaban J connectivity index is 4.25. The quantitative estimate of drug-likeness (QED) is 0.0261. The van der Waals surface area contributed by atoms with Crippen molar-refractivity contribution in [3.8, 4) is 0 Å². The minimum Gasteiger partial charge on any atom is -0.462 e. The molecule has 0 radical (unpaired) electrons. The largest absolute Gasteiger partial charge is 0.462 e. The summed E-state index contributed by atoms with van der Waals surface area (Å²) in [6.07, 6.45) is 88.2. The van der Waals surface area contributed by atoms with Crippen molar-refractivity contribution in [2.24, 2.45) is 0 Å². The number of carbonyl (C=O) groups is 3. The summed E-state index contributed by atoms with van der Waals surface area (Å²) in [5.74, 6) is -0.913. The molecule has 0 aliphatic rings. The Morgan fingerprint density at radius 2 is 0.506 bits per heavy atom.